The van der Waals surface area contributed by atoms with Gasteiger partial charge in [-0.2, -0.15) is 0 Å². The summed E-state index contributed by atoms with van der Waals surface area (Å²) in [5, 5.41) is 12.2. The summed E-state index contributed by atoms with van der Waals surface area (Å²) in [4.78, 5) is 0. The van der Waals surface area contributed by atoms with E-state index in [2.05, 4.69) is 21.2 Å². The van der Waals surface area contributed by atoms with Crippen LogP contribution >= 0.6 is 15.9 Å². The first kappa shape index (κ1) is 13.3. The maximum absolute atomic E-state index is 13.2. The van der Waals surface area contributed by atoms with Crippen molar-refractivity contribution in [1.29, 1.82) is 0 Å². The average molecular weight is 314 g/mol. The molecule has 1 aromatic heterocycles. The molecular formula is C13H13BrFNO2. The average Bonchev–Trinajstić information content (AvgIpc) is 2.77. The summed E-state index contributed by atoms with van der Waals surface area (Å²) in [5.74, 6) is 0.447. The van der Waals surface area contributed by atoms with Crippen LogP contribution in [0.2, 0.25) is 0 Å². The molecule has 2 rings (SSSR count). The monoisotopic (exact) mass is 313 g/mol. The van der Waals surface area contributed by atoms with E-state index in [9.17, 15) is 4.39 Å². The number of halogens is 2. The van der Waals surface area contributed by atoms with Crippen molar-refractivity contribution in [2.75, 3.05) is 0 Å². The van der Waals surface area contributed by atoms with E-state index in [1.165, 1.54) is 6.07 Å². The van der Waals surface area contributed by atoms with E-state index in [1.807, 2.05) is 12.1 Å². The van der Waals surface area contributed by atoms with Crippen LogP contribution in [0.3, 0.4) is 0 Å². The molecule has 18 heavy (non-hydrogen) atoms. The zero-order valence-electron chi connectivity index (χ0n) is 9.62. The number of furan rings is 1. The molecule has 0 bridgehead atoms. The molecule has 2 N–H and O–H groups in total. The SMILES string of the molecule is OCc1cc(CNCc2ccc(Br)o2)ccc1F. The first-order valence-corrected chi connectivity index (χ1v) is 6.31. The highest BCUT2D eigenvalue weighted by Gasteiger charge is 2.03. The number of aliphatic hydroxyl groups is 1. The summed E-state index contributed by atoms with van der Waals surface area (Å²) in [6.45, 7) is 0.897. The van der Waals surface area contributed by atoms with Gasteiger partial charge in [0, 0.05) is 12.1 Å². The number of nitrogens with one attached hydrogen (secondary N) is 1. The van der Waals surface area contributed by atoms with Crippen LogP contribution in [0, 0.1) is 5.82 Å². The number of hydrogen-bond acceptors (Lipinski definition) is 3. The van der Waals surface area contributed by atoms with Gasteiger partial charge in [-0.05, 0) is 45.8 Å². The molecule has 1 aromatic carbocycles. The predicted octanol–water partition coefficient (Wildman–Crippen LogP) is 2.96. The molecule has 96 valence electrons. The molecule has 0 atom stereocenters. The van der Waals surface area contributed by atoms with Crippen LogP contribution in [0.4, 0.5) is 4.39 Å². The summed E-state index contributed by atoms with van der Waals surface area (Å²) in [7, 11) is 0. The van der Waals surface area contributed by atoms with E-state index in [0.717, 1.165) is 11.3 Å². The van der Waals surface area contributed by atoms with Crippen molar-refractivity contribution in [2.45, 2.75) is 19.7 Å². The van der Waals surface area contributed by atoms with Crippen LogP contribution in [0.15, 0.2) is 39.4 Å². The number of hydrogen-bond donors (Lipinski definition) is 2. The molecule has 2 aromatic rings. The highest BCUT2D eigenvalue weighted by Crippen LogP contribution is 2.14. The number of benzene rings is 1. The Balaban J connectivity index is 1.90. The molecule has 5 heteroatoms. The van der Waals surface area contributed by atoms with E-state index < -0.39 is 0 Å². The van der Waals surface area contributed by atoms with Gasteiger partial charge in [-0.25, -0.2) is 4.39 Å². The van der Waals surface area contributed by atoms with Crippen molar-refractivity contribution >= 4 is 15.9 Å². The molecule has 0 aliphatic carbocycles. The Hall–Kier alpha value is -1.17. The molecule has 0 aliphatic heterocycles. The Bertz CT molecular complexity index is 527. The van der Waals surface area contributed by atoms with Gasteiger partial charge in [0.1, 0.15) is 11.6 Å². The molecule has 0 aliphatic rings. The second-order valence-corrected chi connectivity index (χ2v) is 4.67. The van der Waals surface area contributed by atoms with Crippen LogP contribution in [0.5, 0.6) is 0 Å². The Morgan fingerprint density at radius 3 is 2.72 bits per heavy atom. The predicted molar refractivity (Wildman–Crippen MR) is 69.3 cm³/mol. The molecule has 0 fully saturated rings. The maximum atomic E-state index is 13.2. The summed E-state index contributed by atoms with van der Waals surface area (Å²) >= 11 is 3.23. The fourth-order valence-corrected chi connectivity index (χ4v) is 1.98. The van der Waals surface area contributed by atoms with E-state index in [-0.39, 0.29) is 12.4 Å². The molecule has 0 spiro atoms. The van der Waals surface area contributed by atoms with Gasteiger partial charge in [0.25, 0.3) is 0 Å². The largest absolute Gasteiger partial charge is 0.453 e. The normalized spacial score (nSPS) is 10.8. The third-order valence-electron chi connectivity index (χ3n) is 2.54. The van der Waals surface area contributed by atoms with Gasteiger partial charge in [0.2, 0.25) is 0 Å². The first-order valence-electron chi connectivity index (χ1n) is 5.52. The Labute approximate surface area is 113 Å². The molecule has 1 heterocycles. The molecule has 0 unspecified atom stereocenters. The van der Waals surface area contributed by atoms with E-state index in [0.29, 0.717) is 23.3 Å². The van der Waals surface area contributed by atoms with E-state index >= 15 is 0 Å². The van der Waals surface area contributed by atoms with Gasteiger partial charge in [-0.1, -0.05) is 6.07 Å². The second kappa shape index (κ2) is 6.13. The number of rotatable bonds is 5. The van der Waals surface area contributed by atoms with Gasteiger partial charge in [-0.3, -0.25) is 0 Å². The standard InChI is InChI=1S/C13H13BrFNO2/c14-13-4-2-11(18-13)7-16-6-9-1-3-12(15)10(5-9)8-17/h1-5,16-17H,6-8H2. The lowest BCUT2D eigenvalue weighted by atomic mass is 10.1. The minimum Gasteiger partial charge on any atom is -0.453 e. The van der Waals surface area contributed by atoms with Crippen molar-refractivity contribution in [2.24, 2.45) is 0 Å². The highest BCUT2D eigenvalue weighted by molar-refractivity contribution is 9.10. The van der Waals surface area contributed by atoms with Gasteiger partial charge in [0.15, 0.2) is 4.67 Å². The van der Waals surface area contributed by atoms with Crippen LogP contribution < -0.4 is 5.32 Å². The zero-order valence-corrected chi connectivity index (χ0v) is 11.2. The third kappa shape index (κ3) is 3.41. The molecule has 0 saturated heterocycles. The molecule has 0 amide bonds. The van der Waals surface area contributed by atoms with Crippen molar-refractivity contribution in [3.63, 3.8) is 0 Å². The van der Waals surface area contributed by atoms with E-state index in [4.69, 9.17) is 9.52 Å². The smallest absolute Gasteiger partial charge is 0.169 e. The van der Waals surface area contributed by atoms with Crippen LogP contribution in [0.1, 0.15) is 16.9 Å². The van der Waals surface area contributed by atoms with Crippen molar-refractivity contribution in [3.05, 3.63) is 57.7 Å². The lowest BCUT2D eigenvalue weighted by Gasteiger charge is -2.06. The fraction of sp³-hybridized carbons (Fsp3) is 0.231. The molecule has 0 saturated carbocycles. The molecule has 0 radical (unpaired) electrons. The lowest BCUT2D eigenvalue weighted by molar-refractivity contribution is 0.275. The van der Waals surface area contributed by atoms with E-state index in [1.54, 1.807) is 12.1 Å². The Morgan fingerprint density at radius 1 is 1.22 bits per heavy atom. The summed E-state index contributed by atoms with van der Waals surface area (Å²) in [6.07, 6.45) is 0. The topological polar surface area (TPSA) is 45.4 Å². The highest BCUT2D eigenvalue weighted by atomic mass is 79.9. The summed E-state index contributed by atoms with van der Waals surface area (Å²) < 4.78 is 19.2. The Kier molecular flexibility index (Phi) is 4.52. The lowest BCUT2D eigenvalue weighted by Crippen LogP contribution is -2.12. The fourth-order valence-electron chi connectivity index (χ4n) is 1.64. The quantitative estimate of drug-likeness (QED) is 0.892. The summed E-state index contributed by atoms with van der Waals surface area (Å²) in [6, 6.07) is 8.42. The van der Waals surface area contributed by atoms with Crippen LogP contribution in [-0.2, 0) is 19.7 Å². The van der Waals surface area contributed by atoms with Crippen molar-refractivity contribution < 1.29 is 13.9 Å². The Morgan fingerprint density at radius 2 is 2.06 bits per heavy atom. The van der Waals surface area contributed by atoms with Gasteiger partial charge in [0.05, 0.1) is 13.2 Å². The van der Waals surface area contributed by atoms with Crippen LogP contribution in [0.25, 0.3) is 0 Å². The van der Waals surface area contributed by atoms with Gasteiger partial charge >= 0.3 is 0 Å². The zero-order chi connectivity index (χ0) is 13.0. The maximum Gasteiger partial charge on any atom is 0.169 e. The molecular weight excluding hydrogens is 301 g/mol. The first-order chi connectivity index (χ1) is 8.69. The minimum absolute atomic E-state index is 0.287. The second-order valence-electron chi connectivity index (χ2n) is 3.89. The summed E-state index contributed by atoms with van der Waals surface area (Å²) in [5.41, 5.74) is 1.24. The number of aliphatic hydroxyl groups excluding tert-OH is 1. The van der Waals surface area contributed by atoms with Crippen molar-refractivity contribution in [3.8, 4) is 0 Å². The van der Waals surface area contributed by atoms with Gasteiger partial charge in [-0.15, -0.1) is 0 Å². The third-order valence-corrected chi connectivity index (χ3v) is 2.96. The van der Waals surface area contributed by atoms with Crippen LogP contribution in [-0.4, -0.2) is 5.11 Å². The molecule has 3 nitrogen and oxygen atoms in total. The minimum atomic E-state index is -0.379. The van der Waals surface area contributed by atoms with Gasteiger partial charge < -0.3 is 14.8 Å². The van der Waals surface area contributed by atoms with Crippen molar-refractivity contribution in [1.82, 2.24) is 5.32 Å².